The van der Waals surface area contributed by atoms with Gasteiger partial charge in [0.1, 0.15) is 0 Å². The van der Waals surface area contributed by atoms with Crippen LogP contribution >= 0.6 is 11.6 Å². The molecule has 4 heteroatoms. The van der Waals surface area contributed by atoms with Crippen molar-refractivity contribution in [1.82, 2.24) is 9.78 Å². The summed E-state index contributed by atoms with van der Waals surface area (Å²) in [6, 6.07) is 10.7. The van der Waals surface area contributed by atoms with Gasteiger partial charge in [-0.2, -0.15) is 5.10 Å². The second-order valence-electron chi connectivity index (χ2n) is 5.99. The van der Waals surface area contributed by atoms with E-state index in [0.717, 1.165) is 29.1 Å². The van der Waals surface area contributed by atoms with Crippen molar-refractivity contribution < 1.29 is 0 Å². The van der Waals surface area contributed by atoms with Crippen LogP contribution in [0.5, 0.6) is 0 Å². The lowest BCUT2D eigenvalue weighted by Gasteiger charge is -2.12. The summed E-state index contributed by atoms with van der Waals surface area (Å²) in [5.41, 5.74) is 8.46. The molecular weight excluding hydrogens is 282 g/mol. The fourth-order valence-corrected chi connectivity index (χ4v) is 3.36. The molecule has 1 atom stereocenters. The highest BCUT2D eigenvalue weighted by Gasteiger charge is 2.18. The van der Waals surface area contributed by atoms with Gasteiger partial charge in [-0.3, -0.25) is 4.68 Å². The van der Waals surface area contributed by atoms with Crippen LogP contribution in [0.15, 0.2) is 36.5 Å². The van der Waals surface area contributed by atoms with Crippen molar-refractivity contribution >= 4 is 11.6 Å². The van der Waals surface area contributed by atoms with Crippen LogP contribution in [-0.4, -0.2) is 15.8 Å². The number of hydrogen-bond acceptors (Lipinski definition) is 2. The van der Waals surface area contributed by atoms with E-state index in [1.165, 1.54) is 25.7 Å². The molecule has 2 N–H and O–H groups in total. The normalized spacial score (nSPS) is 17.2. The summed E-state index contributed by atoms with van der Waals surface area (Å²) in [6.45, 7) is 0. The minimum absolute atomic E-state index is 0.0526. The van der Waals surface area contributed by atoms with E-state index < -0.39 is 0 Å². The zero-order valence-corrected chi connectivity index (χ0v) is 13.0. The lowest BCUT2D eigenvalue weighted by atomic mass is 10.0. The maximum atomic E-state index is 6.26. The van der Waals surface area contributed by atoms with Crippen molar-refractivity contribution in [3.8, 4) is 0 Å². The number of nitrogens with two attached hydrogens (primary N) is 1. The molecule has 3 nitrogen and oxygen atoms in total. The highest BCUT2D eigenvalue weighted by molar-refractivity contribution is 6.31. The maximum Gasteiger partial charge on any atom is 0.0640 e. The first-order valence-corrected chi connectivity index (χ1v) is 8.13. The predicted molar refractivity (Wildman–Crippen MR) is 86.6 cm³/mol. The molecule has 21 heavy (non-hydrogen) atoms. The van der Waals surface area contributed by atoms with E-state index in [-0.39, 0.29) is 6.04 Å². The van der Waals surface area contributed by atoms with Crippen molar-refractivity contribution in [2.24, 2.45) is 5.73 Å². The van der Waals surface area contributed by atoms with Crippen LogP contribution in [0.1, 0.15) is 43.0 Å². The molecule has 0 amide bonds. The van der Waals surface area contributed by atoms with Gasteiger partial charge < -0.3 is 5.73 Å². The van der Waals surface area contributed by atoms with Gasteiger partial charge >= 0.3 is 0 Å². The molecule has 1 heterocycles. The fraction of sp³-hybridized carbons (Fsp3) is 0.471. The molecule has 0 radical (unpaired) electrons. The molecule has 3 rings (SSSR count). The Balaban J connectivity index is 1.60. The van der Waals surface area contributed by atoms with Crippen LogP contribution in [0.4, 0.5) is 0 Å². The molecule has 2 aromatic rings. The van der Waals surface area contributed by atoms with Crippen molar-refractivity contribution in [2.45, 2.75) is 50.6 Å². The Morgan fingerprint density at radius 1 is 1.19 bits per heavy atom. The minimum Gasteiger partial charge on any atom is -0.327 e. The largest absolute Gasteiger partial charge is 0.327 e. The number of nitrogens with zero attached hydrogens (tertiary/aromatic N) is 2. The number of hydrogen-bond donors (Lipinski definition) is 1. The monoisotopic (exact) mass is 303 g/mol. The Hall–Kier alpha value is -1.32. The standard InChI is InChI=1S/C17H22ClN3/c18-17-8-4-1-5-13(17)11-14(19)12-15-9-10-21(20-15)16-6-2-3-7-16/h1,4-5,8-10,14,16H,2-3,6-7,11-12,19H2. The first kappa shape index (κ1) is 14.6. The molecule has 0 saturated heterocycles. The van der Waals surface area contributed by atoms with Crippen molar-refractivity contribution in [1.29, 1.82) is 0 Å². The maximum absolute atomic E-state index is 6.26. The third-order valence-electron chi connectivity index (χ3n) is 4.27. The van der Waals surface area contributed by atoms with E-state index >= 15 is 0 Å². The van der Waals surface area contributed by atoms with Gasteiger partial charge in [0.05, 0.1) is 11.7 Å². The van der Waals surface area contributed by atoms with E-state index in [1.54, 1.807) is 0 Å². The predicted octanol–water partition coefficient (Wildman–Crippen LogP) is 3.76. The highest BCUT2D eigenvalue weighted by Crippen LogP contribution is 2.28. The van der Waals surface area contributed by atoms with Crippen LogP contribution < -0.4 is 5.73 Å². The Labute approximate surface area is 131 Å². The van der Waals surface area contributed by atoms with Gasteiger partial charge in [0.25, 0.3) is 0 Å². The summed E-state index contributed by atoms with van der Waals surface area (Å²) in [4.78, 5) is 0. The molecule has 0 bridgehead atoms. The van der Waals surface area contributed by atoms with Gasteiger partial charge in [-0.15, -0.1) is 0 Å². The Bertz CT molecular complexity index is 587. The van der Waals surface area contributed by atoms with Gasteiger partial charge in [-0.05, 0) is 37.0 Å². The third kappa shape index (κ3) is 3.66. The molecule has 0 aliphatic heterocycles. The molecule has 0 spiro atoms. The Morgan fingerprint density at radius 3 is 2.71 bits per heavy atom. The summed E-state index contributed by atoms with van der Waals surface area (Å²) >= 11 is 6.19. The summed E-state index contributed by atoms with van der Waals surface area (Å²) in [7, 11) is 0. The lowest BCUT2D eigenvalue weighted by molar-refractivity contribution is 0.461. The second kappa shape index (κ2) is 6.63. The van der Waals surface area contributed by atoms with Crippen LogP contribution in [0.2, 0.25) is 5.02 Å². The molecule has 112 valence electrons. The smallest absolute Gasteiger partial charge is 0.0640 e. The zero-order valence-electron chi connectivity index (χ0n) is 12.2. The zero-order chi connectivity index (χ0) is 14.7. The minimum atomic E-state index is 0.0526. The lowest BCUT2D eigenvalue weighted by Crippen LogP contribution is -2.26. The molecule has 1 unspecified atom stereocenters. The molecule has 1 aromatic carbocycles. The van der Waals surface area contributed by atoms with Gasteiger partial charge in [0, 0.05) is 23.7 Å². The van der Waals surface area contributed by atoms with Gasteiger partial charge in [-0.1, -0.05) is 42.6 Å². The van der Waals surface area contributed by atoms with E-state index in [2.05, 4.69) is 16.9 Å². The number of rotatable bonds is 5. The average molecular weight is 304 g/mol. The molecule has 1 aliphatic rings. The Kier molecular flexibility index (Phi) is 4.61. The second-order valence-corrected chi connectivity index (χ2v) is 6.39. The fourth-order valence-electron chi connectivity index (χ4n) is 3.15. The number of benzene rings is 1. The first-order valence-electron chi connectivity index (χ1n) is 7.75. The molecule has 1 saturated carbocycles. The molecule has 1 aromatic heterocycles. The highest BCUT2D eigenvalue weighted by atomic mass is 35.5. The van der Waals surface area contributed by atoms with Crippen molar-refractivity contribution in [3.05, 3.63) is 52.8 Å². The van der Waals surface area contributed by atoms with Gasteiger partial charge in [0.2, 0.25) is 0 Å². The van der Waals surface area contributed by atoms with E-state index in [9.17, 15) is 0 Å². The summed E-state index contributed by atoms with van der Waals surface area (Å²) in [5.74, 6) is 0. The van der Waals surface area contributed by atoms with Crippen LogP contribution in [0, 0.1) is 0 Å². The topological polar surface area (TPSA) is 43.8 Å². The van der Waals surface area contributed by atoms with Gasteiger partial charge in [0.15, 0.2) is 0 Å². The quantitative estimate of drug-likeness (QED) is 0.914. The summed E-state index contributed by atoms with van der Waals surface area (Å²) in [5, 5.41) is 5.50. The summed E-state index contributed by atoms with van der Waals surface area (Å²) < 4.78 is 2.13. The van der Waals surface area contributed by atoms with Crippen molar-refractivity contribution in [2.75, 3.05) is 0 Å². The van der Waals surface area contributed by atoms with E-state index in [0.29, 0.717) is 6.04 Å². The van der Waals surface area contributed by atoms with E-state index in [1.807, 2.05) is 24.3 Å². The Morgan fingerprint density at radius 2 is 1.95 bits per heavy atom. The van der Waals surface area contributed by atoms with Crippen LogP contribution in [0.3, 0.4) is 0 Å². The molecule has 1 fully saturated rings. The number of halogens is 1. The molecule has 1 aliphatic carbocycles. The third-order valence-corrected chi connectivity index (χ3v) is 4.64. The van der Waals surface area contributed by atoms with E-state index in [4.69, 9.17) is 22.4 Å². The average Bonchev–Trinajstić information content (AvgIpc) is 3.12. The van der Waals surface area contributed by atoms with Crippen LogP contribution in [-0.2, 0) is 12.8 Å². The first-order chi connectivity index (χ1) is 10.2. The van der Waals surface area contributed by atoms with Crippen molar-refractivity contribution in [3.63, 3.8) is 0 Å². The molecular formula is C17H22ClN3. The number of aromatic nitrogens is 2. The van der Waals surface area contributed by atoms with Crippen LogP contribution in [0.25, 0.3) is 0 Å². The van der Waals surface area contributed by atoms with Gasteiger partial charge in [-0.25, -0.2) is 0 Å². The SMILES string of the molecule is NC(Cc1ccn(C2CCCC2)n1)Cc1ccccc1Cl. The summed E-state index contributed by atoms with van der Waals surface area (Å²) in [6.07, 6.45) is 8.85.